The molecular weight excluding hydrogens is 474 g/mol. The smallest absolute Gasteiger partial charge is 0.217 e. The normalized spacial score (nSPS) is 16.3. The van der Waals surface area contributed by atoms with Gasteiger partial charge in [0, 0.05) is 21.3 Å². The fourth-order valence-electron chi connectivity index (χ4n) is 5.00. The number of halogens is 1. The van der Waals surface area contributed by atoms with Gasteiger partial charge in [-0.3, -0.25) is 0 Å². The van der Waals surface area contributed by atoms with E-state index in [-0.39, 0.29) is 5.92 Å². The maximum Gasteiger partial charge on any atom is 0.217 e. The van der Waals surface area contributed by atoms with E-state index < -0.39 is 5.60 Å². The van der Waals surface area contributed by atoms with Crippen molar-refractivity contribution in [3.63, 3.8) is 0 Å². The monoisotopic (exact) mass is 505 g/mol. The first-order valence-electron chi connectivity index (χ1n) is 11.8. The quantitative estimate of drug-likeness (QED) is 0.323. The molecular formula is C29H32BrNO2. The molecule has 0 fully saturated rings. The van der Waals surface area contributed by atoms with Crippen molar-refractivity contribution in [2.75, 3.05) is 7.11 Å². The number of aliphatic hydroxyl groups is 1. The largest absolute Gasteiger partial charge is 0.481 e. The highest BCUT2D eigenvalue weighted by molar-refractivity contribution is 9.10. The van der Waals surface area contributed by atoms with Crippen LogP contribution in [0.15, 0.2) is 82.9 Å². The lowest BCUT2D eigenvalue weighted by Crippen LogP contribution is -2.37. The van der Waals surface area contributed by atoms with Crippen molar-refractivity contribution >= 4 is 26.8 Å². The highest BCUT2D eigenvalue weighted by atomic mass is 79.9. The third kappa shape index (κ3) is 5.39. The first-order chi connectivity index (χ1) is 16.0. The second-order valence-corrected chi connectivity index (χ2v) is 9.80. The predicted octanol–water partition coefficient (Wildman–Crippen LogP) is 7.73. The van der Waals surface area contributed by atoms with E-state index in [1.807, 2.05) is 30.3 Å². The summed E-state index contributed by atoms with van der Waals surface area (Å²) < 4.78 is 6.80. The number of allylic oxidation sites excluding steroid dienone is 4. The van der Waals surface area contributed by atoms with E-state index in [4.69, 9.17) is 9.72 Å². The van der Waals surface area contributed by atoms with Gasteiger partial charge in [0.05, 0.1) is 18.2 Å². The van der Waals surface area contributed by atoms with Crippen molar-refractivity contribution in [2.45, 2.75) is 57.0 Å². The van der Waals surface area contributed by atoms with Crippen molar-refractivity contribution < 1.29 is 9.84 Å². The first-order valence-corrected chi connectivity index (χ1v) is 12.6. The van der Waals surface area contributed by atoms with E-state index in [1.54, 1.807) is 7.11 Å². The molecule has 33 heavy (non-hydrogen) atoms. The Hall–Kier alpha value is -2.43. The van der Waals surface area contributed by atoms with Crippen LogP contribution in [0.4, 0.5) is 0 Å². The van der Waals surface area contributed by atoms with Crippen LogP contribution >= 0.6 is 15.9 Å². The molecule has 172 valence electrons. The minimum Gasteiger partial charge on any atom is -0.481 e. The summed E-state index contributed by atoms with van der Waals surface area (Å²) in [4.78, 5) is 4.83. The van der Waals surface area contributed by atoms with Crippen LogP contribution in [0.3, 0.4) is 0 Å². The number of methoxy groups -OCH3 is 1. The molecule has 2 aromatic carbocycles. The number of benzene rings is 2. The topological polar surface area (TPSA) is 42.4 Å². The van der Waals surface area contributed by atoms with Crippen LogP contribution in [0.5, 0.6) is 5.88 Å². The highest BCUT2D eigenvalue weighted by Gasteiger charge is 2.40. The average Bonchev–Trinajstić information content (AvgIpc) is 2.84. The molecule has 1 N–H and O–H groups in total. The molecule has 1 aliphatic rings. The summed E-state index contributed by atoms with van der Waals surface area (Å²) in [6.45, 7) is 2.14. The molecule has 3 nitrogen and oxygen atoms in total. The van der Waals surface area contributed by atoms with Gasteiger partial charge in [-0.05, 0) is 61.9 Å². The molecule has 1 aromatic heterocycles. The summed E-state index contributed by atoms with van der Waals surface area (Å²) in [7, 11) is 1.66. The standard InChI is InChI=1S/C29H32BrNO2/c1-3-17-29(32,18-16-21-10-6-4-7-11-21)27(22-12-8-5-9-13-22)25-20-23-19-24(30)14-15-26(23)31-28(25)33-2/h5-6,8-15,19-20,27,32H,3-4,7,16-18H2,1-2H3. The number of ether oxygens (including phenoxy) is 1. The third-order valence-corrected chi connectivity index (χ3v) is 7.04. The fraction of sp³-hybridized carbons (Fsp3) is 0.345. The number of aromatic nitrogens is 1. The summed E-state index contributed by atoms with van der Waals surface area (Å²) in [5.74, 6) is 0.322. The Kier molecular flexibility index (Phi) is 7.67. The number of hydrogen-bond donors (Lipinski definition) is 1. The molecule has 0 aliphatic heterocycles. The van der Waals surface area contributed by atoms with Gasteiger partial charge in [-0.1, -0.05) is 83.4 Å². The lowest BCUT2D eigenvalue weighted by atomic mass is 9.72. The SMILES string of the molecule is CCCC(O)(CCC1=CCCC=C1)C(c1ccccc1)c1cc2cc(Br)ccc2nc1OC. The van der Waals surface area contributed by atoms with E-state index in [9.17, 15) is 5.11 Å². The number of nitrogens with zero attached hydrogens (tertiary/aromatic N) is 1. The number of rotatable bonds is 9. The van der Waals surface area contributed by atoms with E-state index in [2.05, 4.69) is 65.3 Å². The molecule has 4 rings (SSSR count). The Balaban J connectivity index is 1.85. The van der Waals surface area contributed by atoms with Crippen LogP contribution in [0.2, 0.25) is 0 Å². The second kappa shape index (κ2) is 10.7. The zero-order valence-corrected chi connectivity index (χ0v) is 21.0. The van der Waals surface area contributed by atoms with Gasteiger partial charge in [-0.2, -0.15) is 0 Å². The van der Waals surface area contributed by atoms with E-state index in [1.165, 1.54) is 5.57 Å². The molecule has 0 radical (unpaired) electrons. The van der Waals surface area contributed by atoms with E-state index >= 15 is 0 Å². The third-order valence-electron chi connectivity index (χ3n) is 6.55. The van der Waals surface area contributed by atoms with Gasteiger partial charge in [0.25, 0.3) is 0 Å². The summed E-state index contributed by atoms with van der Waals surface area (Å²) in [5, 5.41) is 13.3. The number of hydrogen-bond acceptors (Lipinski definition) is 3. The van der Waals surface area contributed by atoms with Crippen molar-refractivity contribution in [2.24, 2.45) is 0 Å². The second-order valence-electron chi connectivity index (χ2n) is 8.88. The molecule has 2 atom stereocenters. The summed E-state index contributed by atoms with van der Waals surface area (Å²) in [5.41, 5.74) is 3.27. The summed E-state index contributed by atoms with van der Waals surface area (Å²) >= 11 is 3.59. The van der Waals surface area contributed by atoms with Gasteiger partial charge < -0.3 is 9.84 Å². The van der Waals surface area contributed by atoms with E-state index in [0.717, 1.165) is 52.2 Å². The molecule has 1 aliphatic carbocycles. The van der Waals surface area contributed by atoms with E-state index in [0.29, 0.717) is 18.7 Å². The molecule has 1 heterocycles. The fourth-order valence-corrected chi connectivity index (χ4v) is 5.38. The Morgan fingerprint density at radius 2 is 1.91 bits per heavy atom. The maximum atomic E-state index is 12.3. The predicted molar refractivity (Wildman–Crippen MR) is 140 cm³/mol. The number of fused-ring (bicyclic) bond motifs is 1. The Bertz CT molecular complexity index is 1160. The summed E-state index contributed by atoms with van der Waals surface area (Å²) in [6.07, 6.45) is 12.1. The molecule has 0 spiro atoms. The van der Waals surface area contributed by atoms with Gasteiger partial charge >= 0.3 is 0 Å². The van der Waals surface area contributed by atoms with Gasteiger partial charge in [0.2, 0.25) is 5.88 Å². The molecule has 2 unspecified atom stereocenters. The van der Waals surface area contributed by atoms with Crippen molar-refractivity contribution in [1.29, 1.82) is 0 Å². The lowest BCUT2D eigenvalue weighted by molar-refractivity contribution is 0.00563. The van der Waals surface area contributed by atoms with Gasteiger partial charge in [-0.15, -0.1) is 0 Å². The molecule has 0 saturated heterocycles. The molecule has 0 amide bonds. The minimum atomic E-state index is -0.934. The van der Waals surface area contributed by atoms with Crippen molar-refractivity contribution in [1.82, 2.24) is 4.98 Å². The number of pyridine rings is 1. The highest BCUT2D eigenvalue weighted by Crippen LogP contribution is 2.45. The maximum absolute atomic E-state index is 12.3. The van der Waals surface area contributed by atoms with Crippen LogP contribution in [-0.4, -0.2) is 22.8 Å². The zero-order chi connectivity index (χ0) is 23.3. The first kappa shape index (κ1) is 23.7. The van der Waals surface area contributed by atoms with Gasteiger partial charge in [0.15, 0.2) is 0 Å². The molecule has 3 aromatic rings. The zero-order valence-electron chi connectivity index (χ0n) is 19.4. The Morgan fingerprint density at radius 3 is 2.61 bits per heavy atom. The van der Waals surface area contributed by atoms with Gasteiger partial charge in [0.1, 0.15) is 0 Å². The lowest BCUT2D eigenvalue weighted by Gasteiger charge is -2.38. The van der Waals surface area contributed by atoms with Crippen LogP contribution in [0, 0.1) is 0 Å². The Labute approximate surface area is 205 Å². The van der Waals surface area contributed by atoms with Crippen molar-refractivity contribution in [3.8, 4) is 5.88 Å². The van der Waals surface area contributed by atoms with Crippen LogP contribution in [0.1, 0.15) is 62.5 Å². The minimum absolute atomic E-state index is 0.252. The van der Waals surface area contributed by atoms with Crippen molar-refractivity contribution in [3.05, 3.63) is 94.0 Å². The van der Waals surface area contributed by atoms with Gasteiger partial charge in [-0.25, -0.2) is 4.98 Å². The van der Waals surface area contributed by atoms with Crippen LogP contribution in [0.25, 0.3) is 10.9 Å². The average molecular weight is 506 g/mol. The molecule has 0 saturated carbocycles. The summed E-state index contributed by atoms with van der Waals surface area (Å²) in [6, 6.07) is 18.5. The van der Waals surface area contributed by atoms with Crippen LogP contribution in [-0.2, 0) is 0 Å². The Morgan fingerprint density at radius 1 is 1.09 bits per heavy atom. The van der Waals surface area contributed by atoms with Crippen LogP contribution < -0.4 is 4.74 Å². The molecule has 4 heteroatoms. The molecule has 0 bridgehead atoms.